The highest BCUT2D eigenvalue weighted by Gasteiger charge is 2.66. The third kappa shape index (κ3) is 3.07. The van der Waals surface area contributed by atoms with Crippen LogP contribution >= 0.6 is 0 Å². The lowest BCUT2D eigenvalue weighted by atomic mass is 9.83. The van der Waals surface area contributed by atoms with Gasteiger partial charge in [0.1, 0.15) is 24.1 Å². The molecule has 2 aliphatic rings. The Morgan fingerprint density at radius 1 is 1.15 bits per heavy atom. The molecule has 0 spiro atoms. The van der Waals surface area contributed by atoms with Crippen LogP contribution in [0.25, 0.3) is 21.9 Å². The third-order valence-electron chi connectivity index (χ3n) is 6.90. The van der Waals surface area contributed by atoms with E-state index < -0.39 is 42.4 Å². The van der Waals surface area contributed by atoms with Gasteiger partial charge >= 0.3 is 0 Å². The Morgan fingerprint density at radius 3 is 2.55 bits per heavy atom. The van der Waals surface area contributed by atoms with Crippen molar-refractivity contribution >= 4 is 10.8 Å². The molecule has 8 heteroatoms. The number of hydrogen-bond donors (Lipinski definition) is 5. The Kier molecular flexibility index (Phi) is 4.97. The summed E-state index contributed by atoms with van der Waals surface area (Å²) in [5.74, 6) is -3.58. The van der Waals surface area contributed by atoms with Crippen molar-refractivity contribution in [3.63, 3.8) is 0 Å². The van der Waals surface area contributed by atoms with Crippen LogP contribution in [0.3, 0.4) is 0 Å². The molecule has 0 bridgehead atoms. The standard InChI is InChI=1S/C25H25NO7/c1-12-9-14(15-4-3-13-7-8-26(2)24(31)17(13)10-15)5-6-16(12)20(28)23-19-22(30)21(29)18(11-27)25(19,32)33-23/h3-10,18,20-21,23,27-30,32H,11H2,1-2H3/t18?,20-,21-,23+,25?/m1/s1. The van der Waals surface area contributed by atoms with Gasteiger partial charge in [-0.1, -0.05) is 30.3 Å². The third-order valence-corrected chi connectivity index (χ3v) is 6.90. The summed E-state index contributed by atoms with van der Waals surface area (Å²) >= 11 is 0. The minimum absolute atomic E-state index is 0.00426. The summed E-state index contributed by atoms with van der Waals surface area (Å²) in [5, 5.41) is 52.8. The van der Waals surface area contributed by atoms with Crippen molar-refractivity contribution in [1.82, 2.24) is 4.57 Å². The minimum atomic E-state index is -1.99. The molecule has 1 saturated heterocycles. The smallest absolute Gasteiger partial charge is 0.258 e. The number of rotatable bonds is 4. The zero-order valence-electron chi connectivity index (χ0n) is 18.1. The number of aliphatic hydroxyl groups is 5. The van der Waals surface area contributed by atoms with Gasteiger partial charge in [0.15, 0.2) is 0 Å². The van der Waals surface area contributed by atoms with Crippen LogP contribution < -0.4 is 5.56 Å². The first-order chi connectivity index (χ1) is 15.7. The fourth-order valence-corrected chi connectivity index (χ4v) is 4.95. The van der Waals surface area contributed by atoms with Crippen LogP contribution in [0, 0.1) is 12.8 Å². The van der Waals surface area contributed by atoms with Crippen LogP contribution in [-0.4, -0.2) is 54.7 Å². The average molecular weight is 451 g/mol. The Bertz CT molecular complexity index is 1360. The number of pyridine rings is 1. The largest absolute Gasteiger partial charge is 0.509 e. The second-order valence-corrected chi connectivity index (χ2v) is 8.82. The van der Waals surface area contributed by atoms with Crippen molar-refractivity contribution in [3.8, 4) is 11.1 Å². The van der Waals surface area contributed by atoms with Gasteiger partial charge in [-0.05, 0) is 46.7 Å². The van der Waals surface area contributed by atoms with E-state index in [4.69, 9.17) is 4.74 Å². The van der Waals surface area contributed by atoms with E-state index in [0.717, 1.165) is 22.1 Å². The van der Waals surface area contributed by atoms with Crippen molar-refractivity contribution in [1.29, 1.82) is 0 Å². The molecule has 5 N–H and O–H groups in total. The number of hydrogen-bond acceptors (Lipinski definition) is 7. The number of fused-ring (bicyclic) bond motifs is 2. The quantitative estimate of drug-likeness (QED) is 0.405. The van der Waals surface area contributed by atoms with Gasteiger partial charge in [-0.2, -0.15) is 0 Å². The number of benzene rings is 2. The van der Waals surface area contributed by atoms with E-state index in [2.05, 4.69) is 0 Å². The fourth-order valence-electron chi connectivity index (χ4n) is 4.95. The van der Waals surface area contributed by atoms with Crippen molar-refractivity contribution in [2.75, 3.05) is 6.61 Å². The van der Waals surface area contributed by atoms with Gasteiger partial charge in [0, 0.05) is 18.6 Å². The molecule has 1 fully saturated rings. The number of ether oxygens (including phenoxy) is 1. The second-order valence-electron chi connectivity index (χ2n) is 8.82. The first kappa shape index (κ1) is 21.8. The molecular formula is C25H25NO7. The Morgan fingerprint density at radius 2 is 1.85 bits per heavy atom. The summed E-state index contributed by atoms with van der Waals surface area (Å²) in [7, 11) is 1.71. The highest BCUT2D eigenvalue weighted by molar-refractivity contribution is 5.86. The molecule has 2 heterocycles. The molecule has 0 saturated carbocycles. The molecule has 8 nitrogen and oxygen atoms in total. The number of aromatic nitrogens is 1. The summed E-state index contributed by atoms with van der Waals surface area (Å²) in [6, 6.07) is 13.0. The average Bonchev–Trinajstić information content (AvgIpc) is 2.92. The fraction of sp³-hybridized carbons (Fsp3) is 0.320. The Hall–Kier alpha value is -3.01. The summed E-state index contributed by atoms with van der Waals surface area (Å²) in [4.78, 5) is 12.5. The van der Waals surface area contributed by atoms with Crippen LogP contribution in [0.2, 0.25) is 0 Å². The van der Waals surface area contributed by atoms with Crippen molar-refractivity contribution in [3.05, 3.63) is 81.5 Å². The summed E-state index contributed by atoms with van der Waals surface area (Å²) in [5.41, 5.74) is 2.91. The number of aliphatic hydroxyl groups excluding tert-OH is 4. The lowest BCUT2D eigenvalue weighted by Crippen LogP contribution is -2.59. The molecular weight excluding hydrogens is 426 g/mol. The number of nitrogens with zero attached hydrogens (tertiary/aromatic N) is 1. The van der Waals surface area contributed by atoms with Gasteiger partial charge in [0.2, 0.25) is 5.79 Å². The Labute approximate surface area is 189 Å². The predicted octanol–water partition coefficient (Wildman–Crippen LogP) is 1.43. The maximum atomic E-state index is 12.5. The minimum Gasteiger partial charge on any atom is -0.509 e. The molecule has 2 unspecified atom stereocenters. The van der Waals surface area contributed by atoms with Crippen molar-refractivity contribution in [2.24, 2.45) is 13.0 Å². The SMILES string of the molecule is Cc1cc(-c2ccc3ccn(C)c(=O)c3c2)ccc1[C@@H](O)[C@H]1OC2(O)C1=C(O)[C@H](O)C2CO. The Balaban J connectivity index is 1.46. The molecule has 1 aliphatic heterocycles. The first-order valence-electron chi connectivity index (χ1n) is 10.7. The van der Waals surface area contributed by atoms with Gasteiger partial charge in [0.05, 0.1) is 18.1 Å². The predicted molar refractivity (Wildman–Crippen MR) is 120 cm³/mol. The summed E-state index contributed by atoms with van der Waals surface area (Å²) in [6.45, 7) is 1.23. The number of aryl methyl sites for hydroxylation is 2. The van der Waals surface area contributed by atoms with Crippen LogP contribution in [-0.2, 0) is 11.8 Å². The lowest BCUT2D eigenvalue weighted by Gasteiger charge is -2.48. The molecule has 2 aromatic carbocycles. The molecule has 172 valence electrons. The summed E-state index contributed by atoms with van der Waals surface area (Å²) < 4.78 is 7.01. The van der Waals surface area contributed by atoms with Gasteiger partial charge < -0.3 is 34.8 Å². The van der Waals surface area contributed by atoms with Gasteiger partial charge in [-0.3, -0.25) is 4.79 Å². The van der Waals surface area contributed by atoms with Crippen molar-refractivity contribution < 1.29 is 30.3 Å². The molecule has 33 heavy (non-hydrogen) atoms. The van der Waals surface area contributed by atoms with E-state index in [-0.39, 0.29) is 11.1 Å². The van der Waals surface area contributed by atoms with Crippen LogP contribution in [0.5, 0.6) is 0 Å². The van der Waals surface area contributed by atoms with Crippen LogP contribution in [0.15, 0.2) is 64.8 Å². The lowest BCUT2D eigenvalue weighted by molar-refractivity contribution is -0.312. The van der Waals surface area contributed by atoms with Gasteiger partial charge in [0.25, 0.3) is 5.56 Å². The van der Waals surface area contributed by atoms with Gasteiger partial charge in [-0.25, -0.2) is 0 Å². The van der Waals surface area contributed by atoms with E-state index in [0.29, 0.717) is 10.9 Å². The zero-order chi connectivity index (χ0) is 23.7. The monoisotopic (exact) mass is 451 g/mol. The van der Waals surface area contributed by atoms with E-state index in [1.165, 1.54) is 4.57 Å². The van der Waals surface area contributed by atoms with Crippen LogP contribution in [0.4, 0.5) is 0 Å². The van der Waals surface area contributed by atoms with Gasteiger partial charge in [-0.15, -0.1) is 0 Å². The molecule has 5 atom stereocenters. The van der Waals surface area contributed by atoms with E-state index >= 15 is 0 Å². The summed E-state index contributed by atoms with van der Waals surface area (Å²) in [6.07, 6.45) is -1.98. The molecule has 0 radical (unpaired) electrons. The highest BCUT2D eigenvalue weighted by Crippen LogP contribution is 2.54. The van der Waals surface area contributed by atoms with Crippen LogP contribution in [0.1, 0.15) is 17.2 Å². The highest BCUT2D eigenvalue weighted by atomic mass is 16.7. The molecule has 3 aromatic rings. The second kappa shape index (κ2) is 7.51. The van der Waals surface area contributed by atoms with E-state index in [9.17, 15) is 30.3 Å². The first-order valence-corrected chi connectivity index (χ1v) is 10.7. The molecule has 0 amide bonds. The maximum absolute atomic E-state index is 12.5. The molecule has 1 aliphatic carbocycles. The van der Waals surface area contributed by atoms with E-state index in [1.54, 1.807) is 19.3 Å². The molecule has 5 rings (SSSR count). The normalized spacial score (nSPS) is 27.5. The van der Waals surface area contributed by atoms with E-state index in [1.807, 2.05) is 43.3 Å². The van der Waals surface area contributed by atoms with Crippen molar-refractivity contribution in [2.45, 2.75) is 31.0 Å². The zero-order valence-corrected chi connectivity index (χ0v) is 18.1. The topological polar surface area (TPSA) is 132 Å². The maximum Gasteiger partial charge on any atom is 0.258 e. The molecule has 1 aromatic heterocycles.